The number of rotatable bonds is 33. The molecule has 0 aliphatic rings. The highest BCUT2D eigenvalue weighted by Crippen LogP contribution is 2.11. The highest BCUT2D eigenvalue weighted by molar-refractivity contribution is 5.69. The van der Waals surface area contributed by atoms with Crippen molar-refractivity contribution >= 4 is 5.97 Å². The molecule has 250 valence electrons. The van der Waals surface area contributed by atoms with Gasteiger partial charge >= 0.3 is 5.97 Å². The first-order valence-electron chi connectivity index (χ1n) is 18.2. The molecule has 0 heterocycles. The molecule has 0 amide bonds. The van der Waals surface area contributed by atoms with E-state index in [9.17, 15) is 9.90 Å². The predicted octanol–water partition coefficient (Wildman–Crippen LogP) is 11.5. The molecule has 0 radical (unpaired) electrons. The van der Waals surface area contributed by atoms with Crippen LogP contribution in [-0.4, -0.2) is 37.0 Å². The average molecular weight is 603 g/mol. The zero-order valence-electron chi connectivity index (χ0n) is 28.5. The van der Waals surface area contributed by atoms with Gasteiger partial charge in [0.2, 0.25) is 0 Å². The fourth-order valence-electron chi connectivity index (χ4n) is 4.84. The third kappa shape index (κ3) is 34.7. The molecule has 0 saturated heterocycles. The molecule has 0 fully saturated rings. The second-order valence-corrected chi connectivity index (χ2v) is 11.9. The lowest BCUT2D eigenvalue weighted by molar-refractivity contribution is -0.154. The zero-order valence-corrected chi connectivity index (χ0v) is 28.5. The number of unbranched alkanes of at least 4 members (excludes halogenated alkanes) is 17. The number of aliphatic hydroxyl groups is 1. The van der Waals surface area contributed by atoms with Crippen LogP contribution in [0.3, 0.4) is 0 Å². The summed E-state index contributed by atoms with van der Waals surface area (Å²) in [5.74, 6) is -0.221. The second-order valence-electron chi connectivity index (χ2n) is 11.9. The van der Waals surface area contributed by atoms with Crippen LogP contribution in [-0.2, 0) is 14.3 Å². The SMILES string of the molecule is CCCC/C=C\C/C=C\CCCCCCCC(=O)OC(CO)COCCCCCCCC/C=C\C/C=C\CCCCCC. The number of hydrogen-bond acceptors (Lipinski definition) is 4. The van der Waals surface area contributed by atoms with E-state index in [1.807, 2.05) is 0 Å². The van der Waals surface area contributed by atoms with Gasteiger partial charge < -0.3 is 14.6 Å². The molecule has 1 atom stereocenters. The predicted molar refractivity (Wildman–Crippen MR) is 187 cm³/mol. The van der Waals surface area contributed by atoms with Crippen LogP contribution >= 0.6 is 0 Å². The van der Waals surface area contributed by atoms with Gasteiger partial charge in [-0.1, -0.05) is 140 Å². The molecule has 0 bridgehead atoms. The first-order valence-corrected chi connectivity index (χ1v) is 18.2. The van der Waals surface area contributed by atoms with Crippen LogP contribution in [0.5, 0.6) is 0 Å². The summed E-state index contributed by atoms with van der Waals surface area (Å²) in [7, 11) is 0. The van der Waals surface area contributed by atoms with Gasteiger partial charge in [-0.3, -0.25) is 4.79 Å². The number of carbonyl (C=O) groups is 1. The van der Waals surface area contributed by atoms with Crippen molar-refractivity contribution in [3.63, 3.8) is 0 Å². The highest BCUT2D eigenvalue weighted by Gasteiger charge is 2.13. The van der Waals surface area contributed by atoms with Crippen molar-refractivity contribution < 1.29 is 19.4 Å². The van der Waals surface area contributed by atoms with Gasteiger partial charge in [-0.2, -0.15) is 0 Å². The average Bonchev–Trinajstić information content (AvgIpc) is 3.01. The summed E-state index contributed by atoms with van der Waals surface area (Å²) in [6.45, 7) is 5.24. The van der Waals surface area contributed by atoms with Crippen LogP contribution in [0.15, 0.2) is 48.6 Å². The lowest BCUT2D eigenvalue weighted by Crippen LogP contribution is -2.27. The molecule has 0 aromatic carbocycles. The Labute approximate surface area is 267 Å². The Hall–Kier alpha value is -1.65. The van der Waals surface area contributed by atoms with E-state index in [1.54, 1.807) is 0 Å². The summed E-state index contributed by atoms with van der Waals surface area (Å²) in [5, 5.41) is 9.55. The summed E-state index contributed by atoms with van der Waals surface area (Å²) in [5.41, 5.74) is 0. The van der Waals surface area contributed by atoms with E-state index in [2.05, 4.69) is 62.5 Å². The fourth-order valence-corrected chi connectivity index (χ4v) is 4.84. The minimum absolute atomic E-state index is 0.183. The minimum atomic E-state index is -0.546. The summed E-state index contributed by atoms with van der Waals surface area (Å²) in [6.07, 6.45) is 45.7. The van der Waals surface area contributed by atoms with Gasteiger partial charge in [0.15, 0.2) is 0 Å². The van der Waals surface area contributed by atoms with Crippen molar-refractivity contribution in [2.24, 2.45) is 0 Å². The van der Waals surface area contributed by atoms with Gasteiger partial charge in [0.1, 0.15) is 6.10 Å². The van der Waals surface area contributed by atoms with E-state index >= 15 is 0 Å². The zero-order chi connectivity index (χ0) is 31.3. The van der Waals surface area contributed by atoms with Crippen molar-refractivity contribution in [3.8, 4) is 0 Å². The van der Waals surface area contributed by atoms with Crippen LogP contribution in [0.2, 0.25) is 0 Å². The molecule has 0 aromatic heterocycles. The largest absolute Gasteiger partial charge is 0.457 e. The number of carbonyl (C=O) groups excluding carboxylic acids is 1. The third-order valence-electron chi connectivity index (χ3n) is 7.63. The summed E-state index contributed by atoms with van der Waals surface area (Å²) >= 11 is 0. The molecular weight excluding hydrogens is 532 g/mol. The van der Waals surface area contributed by atoms with Gasteiger partial charge in [-0.15, -0.1) is 0 Å². The molecule has 43 heavy (non-hydrogen) atoms. The maximum atomic E-state index is 12.1. The first-order chi connectivity index (χ1) is 21.2. The van der Waals surface area contributed by atoms with Crippen molar-refractivity contribution in [3.05, 3.63) is 48.6 Å². The van der Waals surface area contributed by atoms with Crippen molar-refractivity contribution in [1.82, 2.24) is 0 Å². The van der Waals surface area contributed by atoms with Gasteiger partial charge in [-0.05, 0) is 70.6 Å². The Bertz CT molecular complexity index is 679. The molecule has 0 aliphatic heterocycles. The summed E-state index contributed by atoms with van der Waals surface area (Å²) in [6, 6.07) is 0. The van der Waals surface area contributed by atoms with Gasteiger partial charge in [0.25, 0.3) is 0 Å². The number of ether oxygens (including phenoxy) is 2. The Morgan fingerprint density at radius 2 is 1.00 bits per heavy atom. The number of hydrogen-bond donors (Lipinski definition) is 1. The molecule has 0 saturated carbocycles. The molecule has 0 aliphatic carbocycles. The molecule has 4 heteroatoms. The lowest BCUT2D eigenvalue weighted by Gasteiger charge is -2.15. The van der Waals surface area contributed by atoms with Crippen molar-refractivity contribution in [2.45, 2.75) is 174 Å². The third-order valence-corrected chi connectivity index (χ3v) is 7.63. The monoisotopic (exact) mass is 603 g/mol. The maximum Gasteiger partial charge on any atom is 0.306 e. The Morgan fingerprint density at radius 1 is 0.558 bits per heavy atom. The molecule has 1 unspecified atom stereocenters. The smallest absolute Gasteiger partial charge is 0.306 e. The number of aliphatic hydroxyl groups excluding tert-OH is 1. The topological polar surface area (TPSA) is 55.8 Å². The van der Waals surface area contributed by atoms with Crippen LogP contribution in [0.25, 0.3) is 0 Å². The molecule has 4 nitrogen and oxygen atoms in total. The Morgan fingerprint density at radius 3 is 1.51 bits per heavy atom. The molecule has 0 aromatic rings. The van der Waals surface area contributed by atoms with Gasteiger partial charge in [0, 0.05) is 13.0 Å². The summed E-state index contributed by atoms with van der Waals surface area (Å²) in [4.78, 5) is 12.1. The maximum absolute atomic E-state index is 12.1. The molecule has 0 rings (SSSR count). The first kappa shape index (κ1) is 41.4. The Balaban J connectivity index is 3.50. The van der Waals surface area contributed by atoms with Crippen molar-refractivity contribution in [2.75, 3.05) is 19.8 Å². The number of esters is 1. The van der Waals surface area contributed by atoms with E-state index in [0.717, 1.165) is 51.4 Å². The van der Waals surface area contributed by atoms with Crippen LogP contribution in [0.1, 0.15) is 168 Å². The highest BCUT2D eigenvalue weighted by atomic mass is 16.6. The summed E-state index contributed by atoms with van der Waals surface area (Å²) < 4.78 is 11.1. The van der Waals surface area contributed by atoms with Crippen molar-refractivity contribution in [1.29, 1.82) is 0 Å². The van der Waals surface area contributed by atoms with Crippen LogP contribution < -0.4 is 0 Å². The van der Waals surface area contributed by atoms with E-state index < -0.39 is 6.10 Å². The van der Waals surface area contributed by atoms with E-state index in [1.165, 1.54) is 96.3 Å². The minimum Gasteiger partial charge on any atom is -0.457 e. The van der Waals surface area contributed by atoms with Gasteiger partial charge in [0.05, 0.1) is 13.2 Å². The Kier molecular flexibility index (Phi) is 35.1. The van der Waals surface area contributed by atoms with Crippen LogP contribution in [0.4, 0.5) is 0 Å². The standard InChI is InChI=1S/C39H70O4/c1-3-5-7-9-11-13-15-17-19-20-21-23-25-27-29-31-33-35-42-37-38(36-40)43-39(41)34-32-30-28-26-24-22-18-16-14-12-10-8-6-4-2/h10,12-13,15-16,18-20,38,40H,3-9,11,14,17,21-37H2,1-2H3/b12-10-,15-13-,18-16-,20-19-. The van der Waals surface area contributed by atoms with E-state index in [4.69, 9.17) is 9.47 Å². The number of allylic oxidation sites excluding steroid dienone is 8. The van der Waals surface area contributed by atoms with E-state index in [-0.39, 0.29) is 19.2 Å². The normalized spacial score (nSPS) is 12.9. The van der Waals surface area contributed by atoms with Crippen LogP contribution in [0, 0.1) is 0 Å². The van der Waals surface area contributed by atoms with Gasteiger partial charge in [-0.25, -0.2) is 0 Å². The molecule has 0 spiro atoms. The fraction of sp³-hybridized carbons (Fsp3) is 0.769. The lowest BCUT2D eigenvalue weighted by atomic mass is 10.1. The van der Waals surface area contributed by atoms with E-state index in [0.29, 0.717) is 13.0 Å². The molecular formula is C39H70O4. The molecule has 1 N–H and O–H groups in total. The second kappa shape index (κ2) is 36.5. The quantitative estimate of drug-likeness (QED) is 0.0461.